The Morgan fingerprint density at radius 3 is 2.44 bits per heavy atom. The molecule has 4 nitrogen and oxygen atoms in total. The highest BCUT2D eigenvalue weighted by atomic mass is 16.5. The number of rotatable bonds is 3. The van der Waals surface area contributed by atoms with E-state index in [4.69, 9.17) is 10.5 Å². The van der Waals surface area contributed by atoms with Crippen LogP contribution in [0.15, 0.2) is 42.5 Å². The van der Waals surface area contributed by atoms with Gasteiger partial charge in [-0.25, -0.2) is 4.79 Å². The van der Waals surface area contributed by atoms with Crippen LogP contribution in [0, 0.1) is 0 Å². The van der Waals surface area contributed by atoms with E-state index in [1.165, 1.54) is 6.92 Å². The monoisotopic (exact) mass is 243 g/mol. The minimum Gasteiger partial charge on any atom is -0.449 e. The molecule has 0 aromatic heterocycles. The number of carbonyl (C=O) groups is 2. The molecule has 0 spiro atoms. The van der Waals surface area contributed by atoms with Crippen LogP contribution in [0.3, 0.4) is 0 Å². The molecule has 0 saturated carbocycles. The van der Waals surface area contributed by atoms with Gasteiger partial charge in [0, 0.05) is 0 Å². The minimum absolute atomic E-state index is 0.404. The van der Waals surface area contributed by atoms with Gasteiger partial charge in [-0.05, 0) is 29.8 Å². The number of amides is 1. The molecule has 1 amide bonds. The van der Waals surface area contributed by atoms with Gasteiger partial charge in [0.15, 0.2) is 6.10 Å². The minimum atomic E-state index is -0.927. The fraction of sp³-hybridized carbons (Fsp3) is 0.143. The van der Waals surface area contributed by atoms with Gasteiger partial charge in [-0.2, -0.15) is 0 Å². The molecule has 2 aromatic rings. The number of hydrogen-bond donors (Lipinski definition) is 1. The molecule has 0 fully saturated rings. The summed E-state index contributed by atoms with van der Waals surface area (Å²) in [4.78, 5) is 22.6. The Morgan fingerprint density at radius 2 is 1.78 bits per heavy atom. The Morgan fingerprint density at radius 1 is 1.11 bits per heavy atom. The van der Waals surface area contributed by atoms with Crippen LogP contribution in [0.1, 0.15) is 17.3 Å². The zero-order valence-electron chi connectivity index (χ0n) is 9.92. The lowest BCUT2D eigenvalue weighted by atomic mass is 10.1. The molecule has 92 valence electrons. The highest BCUT2D eigenvalue weighted by Gasteiger charge is 2.16. The van der Waals surface area contributed by atoms with Gasteiger partial charge in [-0.1, -0.05) is 30.3 Å². The SMILES string of the molecule is C[C@@H](OC(=O)c1ccc2ccccc2c1)C(N)=O. The standard InChI is InChI=1S/C14H13NO3/c1-9(13(15)16)18-14(17)12-7-6-10-4-2-3-5-11(10)8-12/h2-9H,1H3,(H2,15,16)/t9-/m1/s1. The predicted molar refractivity (Wildman–Crippen MR) is 68.0 cm³/mol. The number of fused-ring (bicyclic) bond motifs is 1. The van der Waals surface area contributed by atoms with Crippen molar-refractivity contribution in [2.24, 2.45) is 5.73 Å². The molecule has 0 saturated heterocycles. The van der Waals surface area contributed by atoms with Gasteiger partial charge in [0.25, 0.3) is 5.91 Å². The highest BCUT2D eigenvalue weighted by Crippen LogP contribution is 2.16. The molecular formula is C14H13NO3. The second kappa shape index (κ2) is 4.87. The predicted octanol–water partition coefficient (Wildman–Crippen LogP) is 1.87. The number of benzene rings is 2. The van der Waals surface area contributed by atoms with E-state index in [0.29, 0.717) is 5.56 Å². The van der Waals surface area contributed by atoms with E-state index in [2.05, 4.69) is 0 Å². The molecule has 0 aliphatic carbocycles. The molecule has 0 radical (unpaired) electrons. The Bertz CT molecular complexity index is 607. The lowest BCUT2D eigenvalue weighted by Crippen LogP contribution is -2.30. The molecule has 2 N–H and O–H groups in total. The summed E-state index contributed by atoms with van der Waals surface area (Å²) in [7, 11) is 0. The Labute approximate surface area is 104 Å². The molecule has 0 aliphatic rings. The first-order chi connectivity index (χ1) is 8.58. The number of ether oxygens (including phenoxy) is 1. The molecular weight excluding hydrogens is 230 g/mol. The summed E-state index contributed by atoms with van der Waals surface area (Å²) in [5, 5.41) is 1.98. The van der Waals surface area contributed by atoms with Crippen LogP contribution in [0.5, 0.6) is 0 Å². The molecule has 0 aliphatic heterocycles. The zero-order chi connectivity index (χ0) is 13.1. The summed E-state index contributed by atoms with van der Waals surface area (Å²) in [6, 6.07) is 12.9. The second-order valence-electron chi connectivity index (χ2n) is 4.01. The average Bonchev–Trinajstić information content (AvgIpc) is 2.37. The van der Waals surface area contributed by atoms with E-state index in [-0.39, 0.29) is 0 Å². The number of esters is 1. The third kappa shape index (κ3) is 2.48. The molecule has 2 aromatic carbocycles. The van der Waals surface area contributed by atoms with Gasteiger partial charge in [0.2, 0.25) is 0 Å². The van der Waals surface area contributed by atoms with Crippen molar-refractivity contribution < 1.29 is 14.3 Å². The van der Waals surface area contributed by atoms with Crippen LogP contribution in [-0.4, -0.2) is 18.0 Å². The molecule has 1 atom stereocenters. The van der Waals surface area contributed by atoms with Gasteiger partial charge < -0.3 is 10.5 Å². The largest absolute Gasteiger partial charge is 0.449 e. The van der Waals surface area contributed by atoms with Crippen molar-refractivity contribution in [1.29, 1.82) is 0 Å². The smallest absolute Gasteiger partial charge is 0.338 e. The maximum absolute atomic E-state index is 11.8. The van der Waals surface area contributed by atoms with Gasteiger partial charge in [-0.15, -0.1) is 0 Å². The Balaban J connectivity index is 2.25. The van der Waals surface area contributed by atoms with Crippen LogP contribution < -0.4 is 5.73 Å². The summed E-state index contributed by atoms with van der Waals surface area (Å²) < 4.78 is 4.93. The van der Waals surface area contributed by atoms with Crippen molar-refractivity contribution in [3.63, 3.8) is 0 Å². The molecule has 0 bridgehead atoms. The number of nitrogens with two attached hydrogens (primary N) is 1. The highest BCUT2D eigenvalue weighted by molar-refractivity contribution is 5.96. The Hall–Kier alpha value is -2.36. The number of primary amides is 1. The van der Waals surface area contributed by atoms with Crippen LogP contribution >= 0.6 is 0 Å². The molecule has 18 heavy (non-hydrogen) atoms. The summed E-state index contributed by atoms with van der Waals surface area (Å²) in [6.45, 7) is 1.45. The van der Waals surface area contributed by atoms with E-state index < -0.39 is 18.0 Å². The first-order valence-corrected chi connectivity index (χ1v) is 5.57. The van der Waals surface area contributed by atoms with E-state index in [0.717, 1.165) is 10.8 Å². The first kappa shape index (κ1) is 12.1. The summed E-state index contributed by atoms with van der Waals surface area (Å²) >= 11 is 0. The number of hydrogen-bond acceptors (Lipinski definition) is 3. The van der Waals surface area contributed by atoms with Crippen molar-refractivity contribution >= 4 is 22.6 Å². The van der Waals surface area contributed by atoms with Crippen molar-refractivity contribution in [1.82, 2.24) is 0 Å². The molecule has 0 unspecified atom stereocenters. The quantitative estimate of drug-likeness (QED) is 0.836. The first-order valence-electron chi connectivity index (χ1n) is 5.57. The van der Waals surface area contributed by atoms with E-state index >= 15 is 0 Å². The van der Waals surface area contributed by atoms with Crippen LogP contribution in [-0.2, 0) is 9.53 Å². The second-order valence-corrected chi connectivity index (χ2v) is 4.01. The molecule has 4 heteroatoms. The maximum atomic E-state index is 11.8. The fourth-order valence-corrected chi connectivity index (χ4v) is 1.60. The molecule has 0 heterocycles. The third-order valence-corrected chi connectivity index (χ3v) is 2.67. The third-order valence-electron chi connectivity index (χ3n) is 2.67. The molecule has 2 rings (SSSR count). The van der Waals surface area contributed by atoms with E-state index in [9.17, 15) is 9.59 Å². The fourth-order valence-electron chi connectivity index (χ4n) is 1.60. The van der Waals surface area contributed by atoms with Crippen LogP contribution in [0.4, 0.5) is 0 Å². The van der Waals surface area contributed by atoms with E-state index in [1.54, 1.807) is 12.1 Å². The summed E-state index contributed by atoms with van der Waals surface area (Å²) in [5.74, 6) is -1.21. The van der Waals surface area contributed by atoms with Crippen molar-refractivity contribution in [2.45, 2.75) is 13.0 Å². The van der Waals surface area contributed by atoms with Crippen LogP contribution in [0.2, 0.25) is 0 Å². The van der Waals surface area contributed by atoms with Gasteiger partial charge in [0.1, 0.15) is 0 Å². The maximum Gasteiger partial charge on any atom is 0.338 e. The van der Waals surface area contributed by atoms with Gasteiger partial charge in [0.05, 0.1) is 5.56 Å². The van der Waals surface area contributed by atoms with Gasteiger partial charge >= 0.3 is 5.97 Å². The van der Waals surface area contributed by atoms with Crippen molar-refractivity contribution in [2.75, 3.05) is 0 Å². The van der Waals surface area contributed by atoms with Crippen molar-refractivity contribution in [3.05, 3.63) is 48.0 Å². The Kier molecular flexibility index (Phi) is 3.28. The lowest BCUT2D eigenvalue weighted by molar-refractivity contribution is -0.125. The zero-order valence-corrected chi connectivity index (χ0v) is 9.92. The lowest BCUT2D eigenvalue weighted by Gasteiger charge is -2.09. The van der Waals surface area contributed by atoms with Gasteiger partial charge in [-0.3, -0.25) is 4.79 Å². The summed E-state index contributed by atoms with van der Waals surface area (Å²) in [5.41, 5.74) is 5.44. The topological polar surface area (TPSA) is 69.4 Å². The van der Waals surface area contributed by atoms with Crippen LogP contribution in [0.25, 0.3) is 10.8 Å². The summed E-state index contributed by atoms with van der Waals surface area (Å²) in [6.07, 6.45) is -0.927. The normalized spacial score (nSPS) is 12.1. The van der Waals surface area contributed by atoms with Crippen molar-refractivity contribution in [3.8, 4) is 0 Å². The van der Waals surface area contributed by atoms with E-state index in [1.807, 2.05) is 30.3 Å². The number of carbonyl (C=O) groups excluding carboxylic acids is 2. The average molecular weight is 243 g/mol.